The van der Waals surface area contributed by atoms with Crippen molar-refractivity contribution in [3.63, 3.8) is 0 Å². The van der Waals surface area contributed by atoms with Crippen LogP contribution >= 0.6 is 11.6 Å². The zero-order valence-electron chi connectivity index (χ0n) is 16.9. The number of anilines is 1. The largest absolute Gasteiger partial charge is 0.465 e. The van der Waals surface area contributed by atoms with Gasteiger partial charge in [0.05, 0.1) is 11.4 Å². The molecule has 8 heteroatoms. The molecule has 0 unspecified atom stereocenters. The number of benzene rings is 1. The molecule has 0 atom stereocenters. The Morgan fingerprint density at radius 2 is 1.64 bits per heavy atom. The molecule has 1 N–H and O–H groups in total. The molecule has 0 aliphatic rings. The molecule has 0 saturated heterocycles. The maximum absolute atomic E-state index is 12.2. The molecule has 28 heavy (non-hydrogen) atoms. The first-order valence-corrected chi connectivity index (χ1v) is 9.34. The Bertz CT molecular complexity index is 1030. The first kappa shape index (κ1) is 20.1. The lowest BCUT2D eigenvalue weighted by molar-refractivity contribution is 0.195. The van der Waals surface area contributed by atoms with E-state index in [1.165, 1.54) is 4.90 Å². The molecule has 1 aromatic carbocycles. The highest BCUT2D eigenvalue weighted by Gasteiger charge is 2.35. The molecule has 0 fully saturated rings. The summed E-state index contributed by atoms with van der Waals surface area (Å²) in [5.41, 5.74) is 1.25. The average molecular weight is 402 g/mol. The van der Waals surface area contributed by atoms with E-state index in [1.807, 2.05) is 71.9 Å². The fourth-order valence-corrected chi connectivity index (χ4v) is 3.26. The van der Waals surface area contributed by atoms with Crippen LogP contribution in [0.1, 0.15) is 47.2 Å². The first-order valence-electron chi connectivity index (χ1n) is 8.96. The maximum atomic E-state index is 12.2. The second-order valence-electron chi connectivity index (χ2n) is 8.65. The van der Waals surface area contributed by atoms with Gasteiger partial charge in [-0.1, -0.05) is 39.0 Å². The van der Waals surface area contributed by atoms with Gasteiger partial charge in [-0.2, -0.15) is 5.10 Å². The van der Waals surface area contributed by atoms with E-state index in [4.69, 9.17) is 16.7 Å². The number of nitrogens with zero attached hydrogens (tertiary/aromatic N) is 5. The molecule has 2 aromatic heterocycles. The van der Waals surface area contributed by atoms with Gasteiger partial charge in [0.1, 0.15) is 11.0 Å². The fraction of sp³-hybridized carbons (Fsp3) is 0.400. The summed E-state index contributed by atoms with van der Waals surface area (Å²) in [6.07, 6.45) is -1.10. The highest BCUT2D eigenvalue weighted by molar-refractivity contribution is 6.28. The quantitative estimate of drug-likeness (QED) is 0.607. The highest BCUT2D eigenvalue weighted by Crippen LogP contribution is 2.37. The van der Waals surface area contributed by atoms with E-state index in [9.17, 15) is 9.90 Å². The third-order valence-electron chi connectivity index (χ3n) is 4.25. The van der Waals surface area contributed by atoms with E-state index in [-0.39, 0.29) is 10.7 Å². The van der Waals surface area contributed by atoms with E-state index in [0.717, 1.165) is 5.69 Å². The van der Waals surface area contributed by atoms with Crippen LogP contribution in [-0.2, 0) is 5.41 Å². The van der Waals surface area contributed by atoms with E-state index in [1.54, 1.807) is 4.68 Å². The SMILES string of the molecule is CC(C)(C)c1nc(Cl)nc2c(N(C(=O)O)C(C)(C)C)n(-c3ccccc3)nc12. The Labute approximate surface area is 169 Å². The molecular formula is C20H24ClN5O2. The Balaban J connectivity index is 2.49. The van der Waals surface area contributed by atoms with E-state index in [2.05, 4.69) is 9.97 Å². The van der Waals surface area contributed by atoms with Gasteiger partial charge in [-0.05, 0) is 44.5 Å². The summed E-state index contributed by atoms with van der Waals surface area (Å²) in [6, 6.07) is 9.37. The van der Waals surface area contributed by atoms with Crippen molar-refractivity contribution in [1.82, 2.24) is 19.7 Å². The van der Waals surface area contributed by atoms with Gasteiger partial charge in [0.25, 0.3) is 0 Å². The molecule has 2 heterocycles. The third kappa shape index (κ3) is 3.54. The number of hydrogen-bond donors (Lipinski definition) is 1. The van der Waals surface area contributed by atoms with Gasteiger partial charge in [0, 0.05) is 11.0 Å². The van der Waals surface area contributed by atoms with Crippen LogP contribution in [0.25, 0.3) is 16.7 Å². The smallest absolute Gasteiger partial charge is 0.413 e. The van der Waals surface area contributed by atoms with Crippen molar-refractivity contribution in [3.05, 3.63) is 41.3 Å². The minimum Gasteiger partial charge on any atom is -0.465 e. The Hall–Kier alpha value is -2.67. The summed E-state index contributed by atoms with van der Waals surface area (Å²) in [6.45, 7) is 11.5. The van der Waals surface area contributed by atoms with Crippen molar-refractivity contribution < 1.29 is 9.90 Å². The van der Waals surface area contributed by atoms with Crippen molar-refractivity contribution in [2.24, 2.45) is 0 Å². The maximum Gasteiger partial charge on any atom is 0.413 e. The molecule has 3 aromatic rings. The summed E-state index contributed by atoms with van der Waals surface area (Å²) < 4.78 is 1.60. The van der Waals surface area contributed by atoms with Crippen molar-refractivity contribution in [2.45, 2.75) is 52.5 Å². The summed E-state index contributed by atoms with van der Waals surface area (Å²) in [5, 5.41) is 14.8. The lowest BCUT2D eigenvalue weighted by Gasteiger charge is -2.33. The number of fused-ring (bicyclic) bond motifs is 1. The van der Waals surface area contributed by atoms with Gasteiger partial charge >= 0.3 is 6.09 Å². The van der Waals surface area contributed by atoms with Crippen LogP contribution in [0.15, 0.2) is 30.3 Å². The van der Waals surface area contributed by atoms with Gasteiger partial charge in [0.15, 0.2) is 5.82 Å². The minimum absolute atomic E-state index is 0.0607. The van der Waals surface area contributed by atoms with Gasteiger partial charge in [-0.15, -0.1) is 0 Å². The van der Waals surface area contributed by atoms with E-state index < -0.39 is 11.6 Å². The van der Waals surface area contributed by atoms with Crippen LogP contribution in [0, 0.1) is 0 Å². The van der Waals surface area contributed by atoms with Gasteiger partial charge in [0.2, 0.25) is 5.28 Å². The summed E-state index contributed by atoms with van der Waals surface area (Å²) in [7, 11) is 0. The summed E-state index contributed by atoms with van der Waals surface area (Å²) in [5.74, 6) is 0.344. The molecule has 1 amide bonds. The zero-order chi connectivity index (χ0) is 20.9. The monoisotopic (exact) mass is 401 g/mol. The van der Waals surface area contributed by atoms with Crippen molar-refractivity contribution in [2.75, 3.05) is 4.90 Å². The molecular weight excluding hydrogens is 378 g/mol. The molecule has 7 nitrogen and oxygen atoms in total. The summed E-state index contributed by atoms with van der Waals surface area (Å²) >= 11 is 6.23. The second-order valence-corrected chi connectivity index (χ2v) is 8.99. The molecule has 3 rings (SSSR count). The molecule has 0 spiro atoms. The van der Waals surface area contributed by atoms with Crippen LogP contribution in [0.5, 0.6) is 0 Å². The lowest BCUT2D eigenvalue weighted by Crippen LogP contribution is -2.46. The van der Waals surface area contributed by atoms with Gasteiger partial charge in [-0.3, -0.25) is 4.90 Å². The Morgan fingerprint density at radius 1 is 1.04 bits per heavy atom. The van der Waals surface area contributed by atoms with Crippen molar-refractivity contribution in [1.29, 1.82) is 0 Å². The van der Waals surface area contributed by atoms with Gasteiger partial charge < -0.3 is 5.11 Å². The van der Waals surface area contributed by atoms with E-state index in [0.29, 0.717) is 22.5 Å². The lowest BCUT2D eigenvalue weighted by atomic mass is 9.91. The number of halogens is 1. The molecule has 0 radical (unpaired) electrons. The number of carboxylic acid groups (broad SMARTS) is 1. The van der Waals surface area contributed by atoms with Crippen LogP contribution in [-0.4, -0.2) is 36.5 Å². The molecule has 0 saturated carbocycles. The van der Waals surface area contributed by atoms with Crippen LogP contribution in [0.4, 0.5) is 10.6 Å². The Kier molecular flexibility index (Phi) is 4.83. The van der Waals surface area contributed by atoms with Crippen LogP contribution in [0.3, 0.4) is 0 Å². The standard InChI is InChI=1S/C20H24ClN5O2/c1-19(2,3)15-13-14(22-17(21)23-15)16(25(18(27)28)20(4,5)6)26(24-13)12-10-8-7-9-11-12/h7-11H,1-6H3,(H,27,28). The molecule has 148 valence electrons. The predicted molar refractivity (Wildman–Crippen MR) is 111 cm³/mol. The predicted octanol–water partition coefficient (Wildman–Crippen LogP) is 5.05. The third-order valence-corrected chi connectivity index (χ3v) is 4.42. The number of para-hydroxylation sites is 1. The number of rotatable bonds is 2. The minimum atomic E-state index is -1.10. The van der Waals surface area contributed by atoms with E-state index >= 15 is 0 Å². The Morgan fingerprint density at radius 3 is 2.14 bits per heavy atom. The second kappa shape index (κ2) is 6.74. The highest BCUT2D eigenvalue weighted by atomic mass is 35.5. The number of carbonyl (C=O) groups is 1. The average Bonchev–Trinajstić information content (AvgIpc) is 2.91. The molecule has 0 bridgehead atoms. The van der Waals surface area contributed by atoms with Crippen LogP contribution < -0.4 is 4.90 Å². The van der Waals surface area contributed by atoms with Crippen molar-refractivity contribution >= 4 is 34.5 Å². The number of aromatic nitrogens is 4. The number of amides is 1. The topological polar surface area (TPSA) is 84.1 Å². The molecule has 0 aliphatic heterocycles. The normalized spacial score (nSPS) is 12.4. The van der Waals surface area contributed by atoms with Gasteiger partial charge in [-0.25, -0.2) is 19.4 Å². The van der Waals surface area contributed by atoms with Crippen molar-refractivity contribution in [3.8, 4) is 5.69 Å². The summed E-state index contributed by atoms with van der Waals surface area (Å²) in [4.78, 5) is 22.3. The fourth-order valence-electron chi connectivity index (χ4n) is 3.09. The zero-order valence-corrected chi connectivity index (χ0v) is 17.6. The first-order chi connectivity index (χ1) is 12.9. The number of hydrogen-bond acceptors (Lipinski definition) is 4. The van der Waals surface area contributed by atoms with Crippen LogP contribution in [0.2, 0.25) is 5.28 Å². The molecule has 0 aliphatic carbocycles.